The molecule has 0 saturated heterocycles. The molecule has 6 nitrogen and oxygen atoms in total. The topological polar surface area (TPSA) is 88.5 Å². The van der Waals surface area contributed by atoms with Crippen molar-refractivity contribution < 1.29 is 32.6 Å². The second kappa shape index (κ2) is 10.8. The lowest BCUT2D eigenvalue weighted by Crippen LogP contribution is -2.31. The van der Waals surface area contributed by atoms with Crippen LogP contribution in [0, 0.1) is 6.92 Å². The van der Waals surface area contributed by atoms with Gasteiger partial charge in [0.15, 0.2) is 0 Å². The molecular weight excluding hydrogens is 485 g/mol. The second-order valence-electron chi connectivity index (χ2n) is 7.70. The third kappa shape index (κ3) is 6.51. The Bertz CT molecular complexity index is 1230. The summed E-state index contributed by atoms with van der Waals surface area (Å²) in [5.74, 6) is -1.68. The predicted octanol–water partition coefficient (Wildman–Crippen LogP) is 6.07. The molecule has 0 aliphatic carbocycles. The normalized spacial score (nSPS) is 12.2. The standard InChI is InChI=1S/C25H22ClF3N2O4/c1-3-35-21-11-10-19(30-23(21)17-12-16(25(27,28)29)8-9-18(17)26)24(34)31-20(13-22(32)33)15-6-4-14(2)5-7-15/h4-12,20H,3,13H2,1-2H3,(H,31,34)(H,32,33)/t20-/m0/s1. The van der Waals surface area contributed by atoms with Gasteiger partial charge in [-0.05, 0) is 49.7 Å². The Morgan fingerprint density at radius 3 is 2.40 bits per heavy atom. The summed E-state index contributed by atoms with van der Waals surface area (Å²) in [6.07, 6.45) is -4.99. The van der Waals surface area contributed by atoms with Crippen LogP contribution in [0.25, 0.3) is 11.3 Å². The van der Waals surface area contributed by atoms with E-state index in [-0.39, 0.29) is 40.8 Å². The van der Waals surface area contributed by atoms with E-state index in [1.54, 1.807) is 31.2 Å². The molecule has 0 unspecified atom stereocenters. The van der Waals surface area contributed by atoms with E-state index in [9.17, 15) is 27.9 Å². The summed E-state index contributed by atoms with van der Waals surface area (Å²) in [6.45, 7) is 3.76. The lowest BCUT2D eigenvalue weighted by atomic mass is 10.0. The molecule has 1 atom stereocenters. The van der Waals surface area contributed by atoms with Gasteiger partial charge in [-0.2, -0.15) is 13.2 Å². The van der Waals surface area contributed by atoms with Crippen LogP contribution in [0.2, 0.25) is 5.02 Å². The summed E-state index contributed by atoms with van der Waals surface area (Å²) in [7, 11) is 0. The highest BCUT2D eigenvalue weighted by Gasteiger charge is 2.32. The number of hydrogen-bond donors (Lipinski definition) is 2. The van der Waals surface area contributed by atoms with Crippen molar-refractivity contribution in [2.24, 2.45) is 0 Å². The first-order chi connectivity index (χ1) is 16.5. The molecule has 1 heterocycles. The molecule has 0 aliphatic rings. The highest BCUT2D eigenvalue weighted by Crippen LogP contribution is 2.38. The zero-order valence-corrected chi connectivity index (χ0v) is 19.6. The smallest absolute Gasteiger partial charge is 0.416 e. The number of aryl methyl sites for hydroxylation is 1. The zero-order chi connectivity index (χ0) is 25.8. The molecule has 2 aromatic carbocycles. The van der Waals surface area contributed by atoms with Crippen LogP contribution in [0.4, 0.5) is 13.2 Å². The minimum absolute atomic E-state index is 0.00702. The Hall–Kier alpha value is -3.59. The number of halogens is 4. The van der Waals surface area contributed by atoms with Gasteiger partial charge in [0.2, 0.25) is 0 Å². The molecule has 0 bridgehead atoms. The maximum absolute atomic E-state index is 13.3. The molecule has 10 heteroatoms. The van der Waals surface area contributed by atoms with Crippen LogP contribution in [0.3, 0.4) is 0 Å². The number of amides is 1. The first-order valence-corrected chi connectivity index (χ1v) is 11.0. The fraction of sp³-hybridized carbons (Fsp3) is 0.240. The highest BCUT2D eigenvalue weighted by atomic mass is 35.5. The lowest BCUT2D eigenvalue weighted by molar-refractivity contribution is -0.138. The lowest BCUT2D eigenvalue weighted by Gasteiger charge is -2.18. The van der Waals surface area contributed by atoms with E-state index >= 15 is 0 Å². The van der Waals surface area contributed by atoms with E-state index in [0.29, 0.717) is 5.56 Å². The van der Waals surface area contributed by atoms with Crippen LogP contribution >= 0.6 is 11.6 Å². The molecule has 3 aromatic rings. The minimum atomic E-state index is -4.61. The van der Waals surface area contributed by atoms with Gasteiger partial charge in [-0.25, -0.2) is 4.98 Å². The van der Waals surface area contributed by atoms with Gasteiger partial charge in [0, 0.05) is 5.56 Å². The van der Waals surface area contributed by atoms with Crippen molar-refractivity contribution in [1.29, 1.82) is 0 Å². The number of aromatic nitrogens is 1. The minimum Gasteiger partial charge on any atom is -0.492 e. The third-order valence-corrected chi connectivity index (χ3v) is 5.43. The van der Waals surface area contributed by atoms with E-state index < -0.39 is 29.7 Å². The number of rotatable bonds is 8. The first-order valence-electron chi connectivity index (χ1n) is 10.6. The molecule has 0 saturated carbocycles. The number of benzene rings is 2. The molecule has 0 radical (unpaired) electrons. The first kappa shape index (κ1) is 26.0. The van der Waals surface area contributed by atoms with E-state index in [1.807, 2.05) is 6.92 Å². The molecule has 0 fully saturated rings. The number of nitrogens with zero attached hydrogens (tertiary/aromatic N) is 1. The fourth-order valence-corrected chi connectivity index (χ4v) is 3.59. The number of carbonyl (C=O) groups excluding carboxylic acids is 1. The number of carboxylic acids is 1. The Morgan fingerprint density at radius 1 is 1.11 bits per heavy atom. The number of pyridine rings is 1. The number of hydrogen-bond acceptors (Lipinski definition) is 4. The van der Waals surface area contributed by atoms with Crippen LogP contribution in [-0.4, -0.2) is 28.6 Å². The number of carbonyl (C=O) groups is 2. The average molecular weight is 507 g/mol. The number of ether oxygens (including phenoxy) is 1. The maximum Gasteiger partial charge on any atom is 0.416 e. The third-order valence-electron chi connectivity index (χ3n) is 5.10. The van der Waals surface area contributed by atoms with Gasteiger partial charge in [0.25, 0.3) is 5.91 Å². The van der Waals surface area contributed by atoms with Crippen molar-refractivity contribution in [2.45, 2.75) is 32.5 Å². The molecule has 0 aliphatic heterocycles. The summed E-state index contributed by atoms with van der Waals surface area (Å²) in [5.41, 5.74) is 0.376. The van der Waals surface area contributed by atoms with Crippen molar-refractivity contribution >= 4 is 23.5 Å². The molecule has 1 amide bonds. The molecule has 1 aromatic heterocycles. The largest absolute Gasteiger partial charge is 0.492 e. The molecule has 184 valence electrons. The molecule has 0 spiro atoms. The van der Waals surface area contributed by atoms with Crippen LogP contribution in [0.1, 0.15) is 46.6 Å². The predicted molar refractivity (Wildman–Crippen MR) is 124 cm³/mol. The Labute approximate surface area is 204 Å². The van der Waals surface area contributed by atoms with Crippen molar-refractivity contribution in [3.63, 3.8) is 0 Å². The average Bonchev–Trinajstić information content (AvgIpc) is 2.79. The summed E-state index contributed by atoms with van der Waals surface area (Å²) in [5, 5.41) is 11.9. The van der Waals surface area contributed by atoms with Crippen LogP contribution in [0.5, 0.6) is 5.75 Å². The summed E-state index contributed by atoms with van der Waals surface area (Å²) in [4.78, 5) is 28.7. The highest BCUT2D eigenvalue weighted by molar-refractivity contribution is 6.33. The fourth-order valence-electron chi connectivity index (χ4n) is 3.38. The van der Waals surface area contributed by atoms with Crippen molar-refractivity contribution in [1.82, 2.24) is 10.3 Å². The van der Waals surface area contributed by atoms with Gasteiger partial charge in [0.05, 0.1) is 29.7 Å². The van der Waals surface area contributed by atoms with E-state index in [1.165, 1.54) is 12.1 Å². The van der Waals surface area contributed by atoms with Gasteiger partial charge in [0.1, 0.15) is 17.1 Å². The number of alkyl halides is 3. The van der Waals surface area contributed by atoms with Gasteiger partial charge in [-0.15, -0.1) is 0 Å². The summed E-state index contributed by atoms with van der Waals surface area (Å²) >= 11 is 6.19. The van der Waals surface area contributed by atoms with E-state index in [2.05, 4.69) is 10.3 Å². The van der Waals surface area contributed by atoms with Crippen molar-refractivity contribution in [3.8, 4) is 17.0 Å². The summed E-state index contributed by atoms with van der Waals surface area (Å²) < 4.78 is 45.4. The molecule has 2 N–H and O–H groups in total. The van der Waals surface area contributed by atoms with Gasteiger partial charge < -0.3 is 15.2 Å². The maximum atomic E-state index is 13.3. The number of nitrogens with one attached hydrogen (secondary N) is 1. The Balaban J connectivity index is 2.01. The molecule has 35 heavy (non-hydrogen) atoms. The van der Waals surface area contributed by atoms with Crippen LogP contribution in [-0.2, 0) is 11.0 Å². The zero-order valence-electron chi connectivity index (χ0n) is 18.8. The second-order valence-corrected chi connectivity index (χ2v) is 8.11. The van der Waals surface area contributed by atoms with Gasteiger partial charge >= 0.3 is 12.1 Å². The summed E-state index contributed by atoms with van der Waals surface area (Å²) in [6, 6.07) is 11.7. The van der Waals surface area contributed by atoms with Crippen molar-refractivity contribution in [3.05, 3.63) is 82.0 Å². The Kier molecular flexibility index (Phi) is 8.01. The van der Waals surface area contributed by atoms with E-state index in [0.717, 1.165) is 23.8 Å². The SMILES string of the molecule is CCOc1ccc(C(=O)N[C@@H](CC(=O)O)c2ccc(C)cc2)nc1-c1cc(C(F)(F)F)ccc1Cl. The molecular formula is C25H22ClF3N2O4. The van der Waals surface area contributed by atoms with Gasteiger partial charge in [-0.3, -0.25) is 9.59 Å². The monoisotopic (exact) mass is 506 g/mol. The van der Waals surface area contributed by atoms with Crippen molar-refractivity contribution in [2.75, 3.05) is 6.61 Å². The Morgan fingerprint density at radius 2 is 1.80 bits per heavy atom. The van der Waals surface area contributed by atoms with Gasteiger partial charge in [-0.1, -0.05) is 41.4 Å². The van der Waals surface area contributed by atoms with E-state index in [4.69, 9.17) is 16.3 Å². The number of aliphatic carboxylic acids is 1. The van der Waals surface area contributed by atoms with Crippen LogP contribution in [0.15, 0.2) is 54.6 Å². The van der Waals surface area contributed by atoms with Crippen LogP contribution < -0.4 is 10.1 Å². The number of carboxylic acid groups (broad SMARTS) is 1. The quantitative estimate of drug-likeness (QED) is 0.387. The molecule has 3 rings (SSSR count).